The maximum absolute atomic E-state index is 11.7. The van der Waals surface area contributed by atoms with Crippen LogP contribution < -0.4 is 5.11 Å². The zero-order chi connectivity index (χ0) is 13.8. The summed E-state index contributed by atoms with van der Waals surface area (Å²) in [6.45, 7) is 1.08. The molecule has 17 heavy (non-hydrogen) atoms. The molecule has 0 amide bonds. The molecule has 0 fully saturated rings. The molecule has 6 heteroatoms. The fourth-order valence-corrected chi connectivity index (χ4v) is 1.53. The lowest BCUT2D eigenvalue weighted by atomic mass is 9.89. The van der Waals surface area contributed by atoms with E-state index in [4.69, 9.17) is 5.11 Å². The van der Waals surface area contributed by atoms with Gasteiger partial charge in [0.1, 0.15) is 18.4 Å². The molecule has 3 unspecified atom stereocenters. The second-order valence-electron chi connectivity index (χ2n) is 5.32. The number of carbonyl (C=O) groups is 2. The first-order chi connectivity index (χ1) is 7.60. The van der Waals surface area contributed by atoms with Crippen LogP contribution in [0.2, 0.25) is 0 Å². The Kier molecular flexibility index (Phi) is 5.74. The van der Waals surface area contributed by atoms with Crippen LogP contribution in [0.15, 0.2) is 0 Å². The Labute approximate surface area is 101 Å². The Bertz CT molecular complexity index is 284. The van der Waals surface area contributed by atoms with Gasteiger partial charge in [-0.25, -0.2) is 0 Å². The summed E-state index contributed by atoms with van der Waals surface area (Å²) in [5.74, 6) is -4.71. The number of hydrogen-bond acceptors (Lipinski definition) is 5. The van der Waals surface area contributed by atoms with Gasteiger partial charge < -0.3 is 24.6 Å². The second-order valence-corrected chi connectivity index (χ2v) is 5.32. The molecule has 6 nitrogen and oxygen atoms in total. The van der Waals surface area contributed by atoms with Gasteiger partial charge in [0.15, 0.2) is 0 Å². The van der Waals surface area contributed by atoms with Crippen molar-refractivity contribution in [2.45, 2.75) is 13.0 Å². The van der Waals surface area contributed by atoms with E-state index in [9.17, 15) is 19.8 Å². The molecule has 0 heterocycles. The van der Waals surface area contributed by atoms with E-state index in [2.05, 4.69) is 0 Å². The van der Waals surface area contributed by atoms with E-state index in [-0.39, 0.29) is 6.54 Å². The van der Waals surface area contributed by atoms with Crippen LogP contribution in [0.5, 0.6) is 0 Å². The number of hydrogen-bond donors (Lipinski definition) is 2. The van der Waals surface area contributed by atoms with Crippen molar-refractivity contribution < 1.29 is 29.4 Å². The van der Waals surface area contributed by atoms with E-state index in [0.717, 1.165) is 0 Å². The minimum atomic E-state index is -1.60. The Morgan fingerprint density at radius 3 is 2.06 bits per heavy atom. The molecule has 0 aromatic carbocycles. The Hall–Kier alpha value is -0.980. The van der Waals surface area contributed by atoms with Crippen LogP contribution in [-0.2, 0) is 9.59 Å². The molecular formula is C11H21NO5. The van der Waals surface area contributed by atoms with Gasteiger partial charge in [0.25, 0.3) is 0 Å². The van der Waals surface area contributed by atoms with Crippen molar-refractivity contribution >= 4 is 11.8 Å². The normalized spacial score (nSPS) is 17.3. The van der Waals surface area contributed by atoms with Gasteiger partial charge in [-0.15, -0.1) is 0 Å². The SMILES string of the molecule is CC(CO)C(=O)C(C(=O)[O-])C(O)C[N+](C)(C)C. The van der Waals surface area contributed by atoms with Crippen molar-refractivity contribution in [1.29, 1.82) is 0 Å². The highest BCUT2D eigenvalue weighted by Crippen LogP contribution is 2.13. The molecule has 3 atom stereocenters. The molecule has 0 rings (SSSR count). The van der Waals surface area contributed by atoms with E-state index in [1.165, 1.54) is 6.92 Å². The van der Waals surface area contributed by atoms with Crippen molar-refractivity contribution in [3.05, 3.63) is 0 Å². The fraction of sp³-hybridized carbons (Fsp3) is 0.818. The van der Waals surface area contributed by atoms with Gasteiger partial charge in [-0.05, 0) is 0 Å². The molecule has 2 N–H and O–H groups in total. The zero-order valence-electron chi connectivity index (χ0n) is 10.7. The van der Waals surface area contributed by atoms with Crippen LogP contribution in [-0.4, -0.2) is 66.8 Å². The average Bonchev–Trinajstić information content (AvgIpc) is 2.12. The number of quaternary nitrogens is 1. The number of aliphatic hydroxyl groups excluding tert-OH is 2. The summed E-state index contributed by atoms with van der Waals surface area (Å²) in [6.07, 6.45) is -1.32. The van der Waals surface area contributed by atoms with Crippen LogP contribution in [0, 0.1) is 11.8 Å². The quantitative estimate of drug-likeness (QED) is 0.387. The molecule has 0 aliphatic rings. The summed E-state index contributed by atoms with van der Waals surface area (Å²) in [5, 5.41) is 29.5. The largest absolute Gasteiger partial charge is 0.549 e. The summed E-state index contributed by atoms with van der Waals surface area (Å²) >= 11 is 0. The molecule has 0 aromatic rings. The molecular weight excluding hydrogens is 226 g/mol. The summed E-state index contributed by atoms with van der Waals surface area (Å²) in [6, 6.07) is 0. The monoisotopic (exact) mass is 247 g/mol. The summed E-state index contributed by atoms with van der Waals surface area (Å²) in [5.41, 5.74) is 0. The standard InChI is InChI=1S/C11H21NO5/c1-7(6-13)10(15)9(11(16)17)8(14)5-12(2,3)4/h7-9,13-14H,5-6H2,1-4H3. The number of ketones is 1. The lowest BCUT2D eigenvalue weighted by molar-refractivity contribution is -0.873. The molecule has 0 saturated heterocycles. The van der Waals surface area contributed by atoms with Gasteiger partial charge in [0.2, 0.25) is 0 Å². The predicted octanol–water partition coefficient (Wildman–Crippen LogP) is -2.38. The van der Waals surface area contributed by atoms with Crippen molar-refractivity contribution in [3.8, 4) is 0 Å². The molecule has 100 valence electrons. The van der Waals surface area contributed by atoms with Gasteiger partial charge in [-0.3, -0.25) is 4.79 Å². The highest BCUT2D eigenvalue weighted by Gasteiger charge is 2.34. The Morgan fingerprint density at radius 2 is 1.76 bits per heavy atom. The minimum Gasteiger partial charge on any atom is -0.549 e. The van der Waals surface area contributed by atoms with Crippen molar-refractivity contribution in [2.75, 3.05) is 34.3 Å². The van der Waals surface area contributed by atoms with Crippen molar-refractivity contribution in [1.82, 2.24) is 0 Å². The number of aliphatic hydroxyl groups is 2. The highest BCUT2D eigenvalue weighted by atomic mass is 16.4. The number of carboxylic acids is 1. The molecule has 0 aliphatic heterocycles. The summed E-state index contributed by atoms with van der Waals surface area (Å²) < 4.78 is 0.325. The van der Waals surface area contributed by atoms with Crippen molar-refractivity contribution in [3.63, 3.8) is 0 Å². The first-order valence-corrected chi connectivity index (χ1v) is 5.44. The van der Waals surface area contributed by atoms with Gasteiger partial charge in [0, 0.05) is 5.92 Å². The van der Waals surface area contributed by atoms with Crippen LogP contribution in [0.3, 0.4) is 0 Å². The smallest absolute Gasteiger partial charge is 0.149 e. The average molecular weight is 247 g/mol. The first-order valence-electron chi connectivity index (χ1n) is 5.44. The topological polar surface area (TPSA) is 97.7 Å². The van der Waals surface area contributed by atoms with E-state index >= 15 is 0 Å². The Morgan fingerprint density at radius 1 is 1.29 bits per heavy atom. The Balaban J connectivity index is 4.86. The minimum absolute atomic E-state index is 0.114. The van der Waals surface area contributed by atoms with E-state index in [1.807, 2.05) is 0 Å². The third-order valence-corrected chi connectivity index (χ3v) is 2.44. The fourth-order valence-electron chi connectivity index (χ4n) is 1.53. The molecule has 0 aliphatic carbocycles. The zero-order valence-corrected chi connectivity index (χ0v) is 10.7. The van der Waals surface area contributed by atoms with E-state index in [0.29, 0.717) is 4.48 Å². The van der Waals surface area contributed by atoms with Crippen LogP contribution in [0.1, 0.15) is 6.92 Å². The molecule has 0 aromatic heterocycles. The van der Waals surface area contributed by atoms with Gasteiger partial charge in [-0.2, -0.15) is 0 Å². The second kappa shape index (κ2) is 6.09. The lowest BCUT2D eigenvalue weighted by Crippen LogP contribution is -2.52. The van der Waals surface area contributed by atoms with Crippen LogP contribution in [0.25, 0.3) is 0 Å². The summed E-state index contributed by atoms with van der Waals surface area (Å²) in [4.78, 5) is 22.6. The van der Waals surface area contributed by atoms with Gasteiger partial charge >= 0.3 is 0 Å². The molecule has 0 spiro atoms. The third-order valence-electron chi connectivity index (χ3n) is 2.44. The highest BCUT2D eigenvalue weighted by molar-refractivity contribution is 5.99. The maximum atomic E-state index is 11.7. The maximum Gasteiger partial charge on any atom is 0.149 e. The van der Waals surface area contributed by atoms with E-state index < -0.39 is 36.3 Å². The summed E-state index contributed by atoms with van der Waals surface area (Å²) in [7, 11) is 5.32. The third kappa shape index (κ3) is 5.25. The van der Waals surface area contributed by atoms with Gasteiger partial charge in [-0.1, -0.05) is 6.92 Å². The number of likely N-dealkylation sites (N-methyl/N-ethyl adjacent to an activating group) is 1. The first kappa shape index (κ1) is 16.0. The van der Waals surface area contributed by atoms with Gasteiger partial charge in [0.05, 0.1) is 39.6 Å². The van der Waals surface area contributed by atoms with Crippen LogP contribution in [0.4, 0.5) is 0 Å². The number of aliphatic carboxylic acids is 1. The number of Topliss-reactive ketones (excluding diaryl/α,β-unsaturated/α-hetero) is 1. The number of nitrogens with zero attached hydrogens (tertiary/aromatic N) is 1. The molecule has 0 bridgehead atoms. The van der Waals surface area contributed by atoms with E-state index in [1.54, 1.807) is 21.1 Å². The van der Waals surface area contributed by atoms with Crippen molar-refractivity contribution in [2.24, 2.45) is 11.8 Å². The number of carbonyl (C=O) groups excluding carboxylic acids is 2. The number of rotatable bonds is 7. The molecule has 0 saturated carbocycles. The molecule has 0 radical (unpaired) electrons. The predicted molar refractivity (Wildman–Crippen MR) is 58.7 cm³/mol. The van der Waals surface area contributed by atoms with Crippen LogP contribution >= 0.6 is 0 Å². The lowest BCUT2D eigenvalue weighted by Gasteiger charge is -2.31. The number of carboxylic acid groups (broad SMARTS) is 1.